The van der Waals surface area contributed by atoms with Crippen molar-refractivity contribution in [1.82, 2.24) is 14.9 Å². The van der Waals surface area contributed by atoms with Crippen LogP contribution in [0, 0.1) is 14.9 Å². The normalized spacial score (nSPS) is 15.9. The SMILES string of the molecule is N#Cc1ccc(CC(c2ncc[nH]2)N2CCN(c3cccc(I)c3)C(=O)C2)cc1. The Labute approximate surface area is 183 Å². The highest BCUT2D eigenvalue weighted by atomic mass is 127. The summed E-state index contributed by atoms with van der Waals surface area (Å²) in [5, 5.41) is 9.01. The average Bonchev–Trinajstić information content (AvgIpc) is 3.27. The van der Waals surface area contributed by atoms with Gasteiger partial charge in [0, 0.05) is 34.7 Å². The van der Waals surface area contributed by atoms with Crippen molar-refractivity contribution in [3.05, 3.63) is 81.4 Å². The zero-order valence-corrected chi connectivity index (χ0v) is 17.9. The Morgan fingerprint density at radius 2 is 2.03 bits per heavy atom. The number of rotatable bonds is 5. The van der Waals surface area contributed by atoms with Crippen molar-refractivity contribution in [1.29, 1.82) is 5.26 Å². The third-order valence-corrected chi connectivity index (χ3v) is 5.83. The summed E-state index contributed by atoms with van der Waals surface area (Å²) in [6, 6.07) is 17.7. The molecule has 29 heavy (non-hydrogen) atoms. The molecule has 0 spiro atoms. The maximum absolute atomic E-state index is 12.9. The molecule has 0 radical (unpaired) electrons. The van der Waals surface area contributed by atoms with Gasteiger partial charge in [0.25, 0.3) is 0 Å². The van der Waals surface area contributed by atoms with Crippen molar-refractivity contribution in [3.63, 3.8) is 0 Å². The lowest BCUT2D eigenvalue weighted by molar-refractivity contribution is -0.122. The van der Waals surface area contributed by atoms with Crippen LogP contribution in [0.1, 0.15) is 23.0 Å². The molecular formula is C22H20IN5O. The molecule has 0 aliphatic carbocycles. The predicted octanol–water partition coefficient (Wildman–Crippen LogP) is 3.52. The number of nitrogens with zero attached hydrogens (tertiary/aromatic N) is 4. The van der Waals surface area contributed by atoms with E-state index in [2.05, 4.69) is 43.5 Å². The molecule has 1 amide bonds. The van der Waals surface area contributed by atoms with E-state index in [1.807, 2.05) is 59.6 Å². The van der Waals surface area contributed by atoms with Crippen LogP contribution < -0.4 is 4.90 Å². The molecule has 1 aliphatic heterocycles. The fourth-order valence-electron chi connectivity index (χ4n) is 3.67. The molecule has 0 bridgehead atoms. The molecule has 7 heteroatoms. The number of H-pyrrole nitrogens is 1. The quantitative estimate of drug-likeness (QED) is 0.548. The van der Waals surface area contributed by atoms with Crippen LogP contribution in [0.15, 0.2) is 60.9 Å². The van der Waals surface area contributed by atoms with Crippen molar-refractivity contribution < 1.29 is 4.79 Å². The molecule has 1 aliphatic rings. The largest absolute Gasteiger partial charge is 0.347 e. The number of hydrogen-bond acceptors (Lipinski definition) is 4. The number of amides is 1. The summed E-state index contributed by atoms with van der Waals surface area (Å²) in [4.78, 5) is 24.7. The van der Waals surface area contributed by atoms with Crippen molar-refractivity contribution in [3.8, 4) is 6.07 Å². The molecule has 2 aromatic carbocycles. The van der Waals surface area contributed by atoms with Gasteiger partial charge in [-0.25, -0.2) is 4.98 Å². The van der Waals surface area contributed by atoms with E-state index in [4.69, 9.17) is 5.26 Å². The molecule has 1 fully saturated rings. The van der Waals surface area contributed by atoms with Crippen molar-refractivity contribution in [2.24, 2.45) is 0 Å². The van der Waals surface area contributed by atoms with Gasteiger partial charge in [-0.1, -0.05) is 18.2 Å². The molecular weight excluding hydrogens is 477 g/mol. The Morgan fingerprint density at radius 3 is 2.69 bits per heavy atom. The highest BCUT2D eigenvalue weighted by Crippen LogP contribution is 2.27. The lowest BCUT2D eigenvalue weighted by Gasteiger charge is -2.38. The summed E-state index contributed by atoms with van der Waals surface area (Å²) in [5.74, 6) is 0.944. The number of halogens is 1. The van der Waals surface area contributed by atoms with Gasteiger partial charge in [-0.05, 0) is 64.9 Å². The Bertz CT molecular complexity index is 1030. The molecule has 1 atom stereocenters. The summed E-state index contributed by atoms with van der Waals surface area (Å²) in [6.45, 7) is 1.75. The van der Waals surface area contributed by atoms with Crippen LogP contribution in [0.25, 0.3) is 0 Å². The van der Waals surface area contributed by atoms with Crippen LogP contribution in [0.5, 0.6) is 0 Å². The summed E-state index contributed by atoms with van der Waals surface area (Å²) >= 11 is 2.27. The summed E-state index contributed by atoms with van der Waals surface area (Å²) in [6.07, 6.45) is 4.27. The lowest BCUT2D eigenvalue weighted by atomic mass is 10.0. The summed E-state index contributed by atoms with van der Waals surface area (Å²) in [7, 11) is 0. The minimum Gasteiger partial charge on any atom is -0.347 e. The Hall–Kier alpha value is -2.70. The molecule has 0 saturated carbocycles. The van der Waals surface area contributed by atoms with Gasteiger partial charge in [0.1, 0.15) is 5.82 Å². The van der Waals surface area contributed by atoms with Gasteiger partial charge in [-0.15, -0.1) is 0 Å². The number of nitrogens with one attached hydrogen (secondary N) is 1. The Kier molecular flexibility index (Phi) is 5.92. The van der Waals surface area contributed by atoms with E-state index in [9.17, 15) is 4.79 Å². The lowest BCUT2D eigenvalue weighted by Crippen LogP contribution is -2.52. The van der Waals surface area contributed by atoms with Crippen LogP contribution in [-0.2, 0) is 11.2 Å². The molecule has 1 saturated heterocycles. The smallest absolute Gasteiger partial charge is 0.241 e. The van der Waals surface area contributed by atoms with Crippen LogP contribution in [-0.4, -0.2) is 40.4 Å². The number of carbonyl (C=O) groups is 1. The van der Waals surface area contributed by atoms with Gasteiger partial charge < -0.3 is 9.88 Å². The van der Waals surface area contributed by atoms with Crippen LogP contribution >= 0.6 is 22.6 Å². The number of nitriles is 1. The number of hydrogen-bond donors (Lipinski definition) is 1. The van der Waals surface area contributed by atoms with E-state index in [-0.39, 0.29) is 11.9 Å². The number of imidazole rings is 1. The summed E-state index contributed by atoms with van der Waals surface area (Å²) < 4.78 is 1.12. The predicted molar refractivity (Wildman–Crippen MR) is 119 cm³/mol. The number of aromatic nitrogens is 2. The van der Waals surface area contributed by atoms with Gasteiger partial charge in [-0.3, -0.25) is 9.69 Å². The third-order valence-electron chi connectivity index (χ3n) is 5.16. The minimum atomic E-state index is -0.0278. The van der Waals surface area contributed by atoms with Gasteiger partial charge in [0.05, 0.1) is 24.2 Å². The topological polar surface area (TPSA) is 76.0 Å². The van der Waals surface area contributed by atoms with E-state index in [0.29, 0.717) is 18.7 Å². The first-order valence-corrected chi connectivity index (χ1v) is 10.5. The molecule has 4 rings (SSSR count). The fraction of sp³-hybridized carbons (Fsp3) is 0.227. The second-order valence-corrected chi connectivity index (χ2v) is 8.24. The first kappa shape index (κ1) is 19.6. The minimum absolute atomic E-state index is 0.0278. The number of benzene rings is 2. The highest BCUT2D eigenvalue weighted by Gasteiger charge is 2.31. The molecule has 6 nitrogen and oxygen atoms in total. The van der Waals surface area contributed by atoms with Crippen LogP contribution in [0.2, 0.25) is 0 Å². The third kappa shape index (κ3) is 4.49. The second-order valence-electron chi connectivity index (χ2n) is 7.00. The van der Waals surface area contributed by atoms with Gasteiger partial charge in [0.2, 0.25) is 5.91 Å². The van der Waals surface area contributed by atoms with E-state index in [1.54, 1.807) is 6.20 Å². The van der Waals surface area contributed by atoms with Crippen molar-refractivity contribution in [2.45, 2.75) is 12.5 Å². The standard InChI is InChI=1S/C22H20IN5O/c23-18-2-1-3-19(13-18)28-11-10-27(15-21(28)29)20(22-25-8-9-26-22)12-16-4-6-17(14-24)7-5-16/h1-9,13,20H,10-12,15H2,(H,25,26). The molecule has 3 aromatic rings. The van der Waals surface area contributed by atoms with E-state index in [1.165, 1.54) is 0 Å². The van der Waals surface area contributed by atoms with Gasteiger partial charge in [-0.2, -0.15) is 5.26 Å². The maximum Gasteiger partial charge on any atom is 0.241 e. The summed E-state index contributed by atoms with van der Waals surface area (Å²) in [5.41, 5.74) is 2.70. The monoisotopic (exact) mass is 497 g/mol. The fourth-order valence-corrected chi connectivity index (χ4v) is 4.20. The zero-order chi connectivity index (χ0) is 20.2. The first-order chi connectivity index (χ1) is 14.1. The molecule has 1 aromatic heterocycles. The number of piperazine rings is 1. The van der Waals surface area contributed by atoms with E-state index < -0.39 is 0 Å². The maximum atomic E-state index is 12.9. The highest BCUT2D eigenvalue weighted by molar-refractivity contribution is 14.1. The van der Waals surface area contributed by atoms with Crippen LogP contribution in [0.3, 0.4) is 0 Å². The van der Waals surface area contributed by atoms with E-state index >= 15 is 0 Å². The Balaban J connectivity index is 1.53. The number of aromatic amines is 1. The first-order valence-electron chi connectivity index (χ1n) is 9.42. The van der Waals surface area contributed by atoms with Crippen LogP contribution in [0.4, 0.5) is 5.69 Å². The zero-order valence-electron chi connectivity index (χ0n) is 15.8. The average molecular weight is 497 g/mol. The number of anilines is 1. The second kappa shape index (κ2) is 8.76. The molecule has 146 valence electrons. The van der Waals surface area contributed by atoms with Gasteiger partial charge in [0.15, 0.2) is 0 Å². The van der Waals surface area contributed by atoms with Gasteiger partial charge >= 0.3 is 0 Å². The number of carbonyl (C=O) groups excluding carboxylic acids is 1. The Morgan fingerprint density at radius 1 is 1.21 bits per heavy atom. The molecule has 1 N–H and O–H groups in total. The molecule has 1 unspecified atom stereocenters. The van der Waals surface area contributed by atoms with E-state index in [0.717, 1.165) is 33.6 Å². The van der Waals surface area contributed by atoms with Crippen molar-refractivity contribution >= 4 is 34.2 Å². The van der Waals surface area contributed by atoms with Crippen molar-refractivity contribution in [2.75, 3.05) is 24.5 Å². The molecule has 2 heterocycles.